The summed E-state index contributed by atoms with van der Waals surface area (Å²) in [5.74, 6) is -0.692. The van der Waals surface area contributed by atoms with Crippen molar-refractivity contribution in [3.63, 3.8) is 0 Å². The SMILES string of the molecule is CCOC(=O)c1c(NC(=O)Cn2ccnn2)sc(C)c1C. The second-order valence-corrected chi connectivity index (χ2v) is 5.58. The van der Waals surface area contributed by atoms with Crippen LogP contribution in [0.25, 0.3) is 0 Å². The minimum atomic E-state index is -0.421. The van der Waals surface area contributed by atoms with Crippen LogP contribution in [0, 0.1) is 13.8 Å². The van der Waals surface area contributed by atoms with Gasteiger partial charge in [-0.2, -0.15) is 0 Å². The van der Waals surface area contributed by atoms with Gasteiger partial charge in [-0.1, -0.05) is 5.21 Å². The highest BCUT2D eigenvalue weighted by molar-refractivity contribution is 7.16. The van der Waals surface area contributed by atoms with Crippen molar-refractivity contribution >= 4 is 28.2 Å². The van der Waals surface area contributed by atoms with Crippen LogP contribution in [-0.4, -0.2) is 33.5 Å². The topological polar surface area (TPSA) is 86.1 Å². The minimum absolute atomic E-state index is 0.0399. The van der Waals surface area contributed by atoms with E-state index in [-0.39, 0.29) is 12.5 Å². The Kier molecular flexibility index (Phi) is 4.69. The van der Waals surface area contributed by atoms with Gasteiger partial charge in [0, 0.05) is 11.1 Å². The Morgan fingerprint density at radius 1 is 1.43 bits per heavy atom. The number of carbonyl (C=O) groups is 2. The first-order chi connectivity index (χ1) is 10.0. The summed E-state index contributed by atoms with van der Waals surface area (Å²) in [5, 5.41) is 10.6. The number of nitrogens with one attached hydrogen (secondary N) is 1. The lowest BCUT2D eigenvalue weighted by atomic mass is 10.1. The number of hydrogen-bond donors (Lipinski definition) is 1. The highest BCUT2D eigenvalue weighted by Gasteiger charge is 2.22. The average molecular weight is 308 g/mol. The molecule has 2 aromatic rings. The molecule has 0 saturated carbocycles. The van der Waals surface area contributed by atoms with Crippen molar-refractivity contribution in [3.8, 4) is 0 Å². The second-order valence-electron chi connectivity index (χ2n) is 4.36. The number of aryl methyl sites for hydroxylation is 1. The third-order valence-electron chi connectivity index (χ3n) is 2.90. The quantitative estimate of drug-likeness (QED) is 0.851. The molecule has 7 nitrogen and oxygen atoms in total. The molecular weight excluding hydrogens is 292 g/mol. The van der Waals surface area contributed by atoms with E-state index in [2.05, 4.69) is 15.6 Å². The minimum Gasteiger partial charge on any atom is -0.462 e. The molecule has 0 atom stereocenters. The normalized spacial score (nSPS) is 10.4. The lowest BCUT2D eigenvalue weighted by Gasteiger charge is -2.07. The average Bonchev–Trinajstić information content (AvgIpc) is 2.99. The molecule has 0 saturated heterocycles. The first-order valence-electron chi connectivity index (χ1n) is 6.44. The summed E-state index contributed by atoms with van der Waals surface area (Å²) in [5.41, 5.74) is 1.25. The Balaban J connectivity index is 2.17. The molecule has 0 aliphatic heterocycles. The zero-order valence-electron chi connectivity index (χ0n) is 12.0. The zero-order valence-corrected chi connectivity index (χ0v) is 12.9. The fourth-order valence-electron chi connectivity index (χ4n) is 1.79. The maximum absolute atomic E-state index is 12.0. The predicted molar refractivity (Wildman–Crippen MR) is 78.4 cm³/mol. The molecule has 0 fully saturated rings. The monoisotopic (exact) mass is 308 g/mol. The summed E-state index contributed by atoms with van der Waals surface area (Å²) >= 11 is 1.36. The van der Waals surface area contributed by atoms with E-state index in [0.717, 1.165) is 10.4 Å². The molecule has 8 heteroatoms. The van der Waals surface area contributed by atoms with Gasteiger partial charge in [0.2, 0.25) is 5.91 Å². The van der Waals surface area contributed by atoms with E-state index in [1.807, 2.05) is 13.8 Å². The maximum atomic E-state index is 12.0. The second kappa shape index (κ2) is 6.49. The van der Waals surface area contributed by atoms with Crippen LogP contribution in [0.2, 0.25) is 0 Å². The number of carbonyl (C=O) groups excluding carboxylic acids is 2. The number of ether oxygens (including phenoxy) is 1. The molecule has 0 unspecified atom stereocenters. The number of aromatic nitrogens is 3. The molecule has 2 rings (SSSR count). The number of esters is 1. The fraction of sp³-hybridized carbons (Fsp3) is 0.385. The van der Waals surface area contributed by atoms with Gasteiger partial charge in [0.05, 0.1) is 18.4 Å². The van der Waals surface area contributed by atoms with E-state index >= 15 is 0 Å². The summed E-state index contributed by atoms with van der Waals surface area (Å²) in [6.07, 6.45) is 3.09. The van der Waals surface area contributed by atoms with Gasteiger partial charge in [-0.15, -0.1) is 16.4 Å². The molecule has 1 N–H and O–H groups in total. The number of rotatable bonds is 5. The highest BCUT2D eigenvalue weighted by atomic mass is 32.1. The Labute approximate surface area is 125 Å². The zero-order chi connectivity index (χ0) is 15.4. The van der Waals surface area contributed by atoms with Gasteiger partial charge in [0.25, 0.3) is 0 Å². The fourth-order valence-corrected chi connectivity index (χ4v) is 2.86. The standard InChI is InChI=1S/C13H16N4O3S/c1-4-20-13(19)11-8(2)9(3)21-12(11)15-10(18)7-17-6-5-14-16-17/h5-6H,4,7H2,1-3H3,(H,15,18). The predicted octanol–water partition coefficient (Wildman–Crippen LogP) is 1.77. The molecule has 0 aliphatic rings. The van der Waals surface area contributed by atoms with E-state index < -0.39 is 5.97 Å². The summed E-state index contributed by atoms with van der Waals surface area (Å²) in [4.78, 5) is 25.0. The van der Waals surface area contributed by atoms with E-state index in [4.69, 9.17) is 4.74 Å². The van der Waals surface area contributed by atoms with Crippen LogP contribution < -0.4 is 5.32 Å². The molecule has 21 heavy (non-hydrogen) atoms. The van der Waals surface area contributed by atoms with Gasteiger partial charge in [-0.25, -0.2) is 9.48 Å². The molecular formula is C13H16N4O3S. The van der Waals surface area contributed by atoms with Gasteiger partial charge in [-0.05, 0) is 26.3 Å². The largest absolute Gasteiger partial charge is 0.462 e. The Hall–Kier alpha value is -2.22. The van der Waals surface area contributed by atoms with Crippen LogP contribution in [-0.2, 0) is 16.1 Å². The lowest BCUT2D eigenvalue weighted by molar-refractivity contribution is -0.116. The van der Waals surface area contributed by atoms with Gasteiger partial charge in [-0.3, -0.25) is 4.79 Å². The van der Waals surface area contributed by atoms with E-state index in [1.165, 1.54) is 22.2 Å². The number of anilines is 1. The maximum Gasteiger partial charge on any atom is 0.341 e. The van der Waals surface area contributed by atoms with Crippen LogP contribution in [0.3, 0.4) is 0 Å². The first kappa shape index (κ1) is 15.2. The highest BCUT2D eigenvalue weighted by Crippen LogP contribution is 2.33. The first-order valence-corrected chi connectivity index (χ1v) is 7.25. The summed E-state index contributed by atoms with van der Waals surface area (Å²) in [6, 6.07) is 0. The number of hydrogen-bond acceptors (Lipinski definition) is 6. The van der Waals surface area contributed by atoms with Crippen molar-refractivity contribution in [2.45, 2.75) is 27.3 Å². The Morgan fingerprint density at radius 2 is 2.19 bits per heavy atom. The van der Waals surface area contributed by atoms with E-state index in [0.29, 0.717) is 17.2 Å². The van der Waals surface area contributed by atoms with Crippen molar-refractivity contribution in [1.29, 1.82) is 0 Å². The molecule has 0 aromatic carbocycles. The Morgan fingerprint density at radius 3 is 2.81 bits per heavy atom. The molecule has 0 radical (unpaired) electrons. The number of thiophene rings is 1. The van der Waals surface area contributed by atoms with E-state index in [1.54, 1.807) is 13.1 Å². The van der Waals surface area contributed by atoms with Gasteiger partial charge < -0.3 is 10.1 Å². The van der Waals surface area contributed by atoms with Crippen LogP contribution >= 0.6 is 11.3 Å². The molecule has 112 valence electrons. The summed E-state index contributed by atoms with van der Waals surface area (Å²) in [6.45, 7) is 5.81. The van der Waals surface area contributed by atoms with Crippen LogP contribution in [0.15, 0.2) is 12.4 Å². The molecule has 2 heterocycles. The van der Waals surface area contributed by atoms with Crippen molar-refractivity contribution in [3.05, 3.63) is 28.4 Å². The van der Waals surface area contributed by atoms with Crippen LogP contribution in [0.4, 0.5) is 5.00 Å². The van der Waals surface area contributed by atoms with Crippen LogP contribution in [0.5, 0.6) is 0 Å². The van der Waals surface area contributed by atoms with Crippen molar-refractivity contribution in [2.24, 2.45) is 0 Å². The van der Waals surface area contributed by atoms with Crippen molar-refractivity contribution in [1.82, 2.24) is 15.0 Å². The summed E-state index contributed by atoms with van der Waals surface area (Å²) < 4.78 is 6.45. The third kappa shape index (κ3) is 3.46. The lowest BCUT2D eigenvalue weighted by Crippen LogP contribution is -2.20. The Bertz CT molecular complexity index is 649. The molecule has 2 aromatic heterocycles. The van der Waals surface area contributed by atoms with Crippen LogP contribution in [0.1, 0.15) is 27.7 Å². The van der Waals surface area contributed by atoms with Gasteiger partial charge in [0.1, 0.15) is 11.5 Å². The van der Waals surface area contributed by atoms with Crippen molar-refractivity contribution in [2.75, 3.05) is 11.9 Å². The summed E-state index contributed by atoms with van der Waals surface area (Å²) in [7, 11) is 0. The number of amides is 1. The number of nitrogens with zero attached hydrogens (tertiary/aromatic N) is 3. The molecule has 0 spiro atoms. The molecule has 0 bridgehead atoms. The smallest absolute Gasteiger partial charge is 0.341 e. The third-order valence-corrected chi connectivity index (χ3v) is 4.02. The molecule has 1 amide bonds. The van der Waals surface area contributed by atoms with Crippen molar-refractivity contribution < 1.29 is 14.3 Å². The van der Waals surface area contributed by atoms with Gasteiger partial charge in [0.15, 0.2) is 0 Å². The molecule has 0 aliphatic carbocycles. The van der Waals surface area contributed by atoms with E-state index in [9.17, 15) is 9.59 Å². The van der Waals surface area contributed by atoms with Gasteiger partial charge >= 0.3 is 5.97 Å².